The predicted molar refractivity (Wildman–Crippen MR) is 150 cm³/mol. The quantitative estimate of drug-likeness (QED) is 0.0626. The van der Waals surface area contributed by atoms with Crippen LogP contribution in [0.3, 0.4) is 0 Å². The number of aliphatic hydroxyl groups excluding tert-OH is 3. The number of anilines is 1. The molecule has 3 aromatic heterocycles. The minimum Gasteiger partial charge on any atom is -0.387 e. The summed E-state index contributed by atoms with van der Waals surface area (Å²) in [5, 5.41) is 31.5. The molecule has 11 N–H and O–H groups in total. The fraction of sp³-hybridized carbons (Fsp3) is 0.476. The van der Waals surface area contributed by atoms with Crippen molar-refractivity contribution in [1.82, 2.24) is 19.5 Å². The Balaban J connectivity index is 1.21. The number of amides is 1. The van der Waals surface area contributed by atoms with Crippen molar-refractivity contribution in [2.24, 2.45) is 5.73 Å². The van der Waals surface area contributed by atoms with Crippen LogP contribution in [0.4, 0.5) is 5.82 Å². The number of nitrogens with zero attached hydrogens (tertiary/aromatic N) is 5. The number of phosphoric ester groups is 3. The summed E-state index contributed by atoms with van der Waals surface area (Å²) in [5.74, 6) is -0.848. The Labute approximate surface area is 267 Å². The molecule has 0 spiro atoms. The van der Waals surface area contributed by atoms with Gasteiger partial charge in [-0.1, -0.05) is 0 Å². The Morgan fingerprint density at radius 1 is 0.958 bits per heavy atom. The van der Waals surface area contributed by atoms with Gasteiger partial charge in [0.2, 0.25) is 0 Å². The first-order valence-corrected chi connectivity index (χ1v) is 17.9. The molecular weight excluding hydrogens is 715 g/mol. The lowest BCUT2D eigenvalue weighted by atomic mass is 10.1. The number of nitrogen functional groups attached to an aromatic ring is 1. The summed E-state index contributed by atoms with van der Waals surface area (Å²) in [4.78, 5) is 62.2. The van der Waals surface area contributed by atoms with Crippen molar-refractivity contribution in [2.45, 2.75) is 49.1 Å². The zero-order valence-corrected chi connectivity index (χ0v) is 26.6. The maximum absolute atomic E-state index is 12.6. The molecule has 5 heterocycles. The van der Waals surface area contributed by atoms with E-state index in [-0.39, 0.29) is 22.5 Å². The zero-order chi connectivity index (χ0) is 35.2. The number of aromatic nitrogens is 5. The van der Waals surface area contributed by atoms with Crippen LogP contribution >= 0.6 is 23.5 Å². The van der Waals surface area contributed by atoms with Crippen molar-refractivity contribution < 1.29 is 85.3 Å². The molecule has 264 valence electrons. The second-order valence-electron chi connectivity index (χ2n) is 10.3. The van der Waals surface area contributed by atoms with E-state index in [9.17, 15) is 53.4 Å². The van der Waals surface area contributed by atoms with E-state index in [1.807, 2.05) is 0 Å². The molecule has 3 unspecified atom stereocenters. The summed E-state index contributed by atoms with van der Waals surface area (Å²) in [6.07, 6.45) is -8.39. The standard InChI is InChI=1S/C21H28N7O17P3/c22-17-12-19(25-7-24-17)28(8-26-12)21-16(44-46(33,34)35)14(30)11(43-21)6-41-48(38,39)45-47(36,37)40-5-10-13(29)15(31)20(42-10)27-3-1-2-9(4-27)18(23)32/h1-4,7-8,10-11,13-16,20-21,29-31H,5-6H2,(H7-,22,23,24,25,32,33,34,35,36,37,38,39)/p+1/t10-,11-,13-,14-,15-,16-,20-,21?/m1/s1. The maximum Gasteiger partial charge on any atom is 0.481 e. The first-order chi connectivity index (χ1) is 22.4. The molecule has 0 radical (unpaired) electrons. The van der Waals surface area contributed by atoms with Crippen molar-refractivity contribution >= 4 is 46.4 Å². The third-order valence-electron chi connectivity index (χ3n) is 6.98. The molecule has 2 fully saturated rings. The lowest BCUT2D eigenvalue weighted by Gasteiger charge is -2.22. The third kappa shape index (κ3) is 8.12. The molecule has 5 rings (SSSR count). The van der Waals surface area contributed by atoms with E-state index < -0.39 is 91.7 Å². The van der Waals surface area contributed by atoms with Crippen LogP contribution in [0.2, 0.25) is 0 Å². The van der Waals surface area contributed by atoms with Crippen LogP contribution in [0.15, 0.2) is 37.2 Å². The molecule has 0 aliphatic carbocycles. The molecule has 2 aliphatic rings. The average Bonchev–Trinajstić information content (AvgIpc) is 3.64. The highest BCUT2D eigenvalue weighted by molar-refractivity contribution is 7.61. The van der Waals surface area contributed by atoms with Gasteiger partial charge < -0.3 is 55.8 Å². The fourth-order valence-corrected chi connectivity index (χ4v) is 7.47. The monoisotopic (exact) mass is 744 g/mol. The second-order valence-corrected chi connectivity index (χ2v) is 14.5. The number of carbonyl (C=O) groups is 1. The normalized spacial score (nSPS) is 30.3. The highest BCUT2D eigenvalue weighted by Gasteiger charge is 2.51. The molecule has 0 bridgehead atoms. The summed E-state index contributed by atoms with van der Waals surface area (Å²) in [6, 6.07) is 2.79. The number of imidazole rings is 1. The molecule has 48 heavy (non-hydrogen) atoms. The van der Waals surface area contributed by atoms with Gasteiger partial charge in [0.15, 0.2) is 36.2 Å². The van der Waals surface area contributed by atoms with Gasteiger partial charge in [-0.3, -0.25) is 22.9 Å². The predicted octanol–water partition coefficient (Wildman–Crippen LogP) is -2.90. The Morgan fingerprint density at radius 2 is 1.60 bits per heavy atom. The van der Waals surface area contributed by atoms with E-state index in [4.69, 9.17) is 30.0 Å². The van der Waals surface area contributed by atoms with Gasteiger partial charge in [0.1, 0.15) is 47.9 Å². The largest absolute Gasteiger partial charge is 0.481 e. The topological polar surface area (TPSA) is 365 Å². The van der Waals surface area contributed by atoms with Crippen LogP contribution in [0.25, 0.3) is 11.2 Å². The van der Waals surface area contributed by atoms with Gasteiger partial charge in [0.25, 0.3) is 12.1 Å². The Kier molecular flexibility index (Phi) is 10.5. The number of phosphoric acid groups is 3. The van der Waals surface area contributed by atoms with Gasteiger partial charge in [-0.15, -0.1) is 0 Å². The van der Waals surface area contributed by atoms with Gasteiger partial charge in [0, 0.05) is 6.07 Å². The number of carbonyl (C=O) groups excluding carboxylic acids is 1. The Morgan fingerprint density at radius 3 is 2.23 bits per heavy atom. The van der Waals surface area contributed by atoms with Gasteiger partial charge in [-0.05, 0) is 6.07 Å². The van der Waals surface area contributed by atoms with E-state index in [0.29, 0.717) is 0 Å². The van der Waals surface area contributed by atoms with Gasteiger partial charge in [-0.25, -0.2) is 28.6 Å². The highest BCUT2D eigenvalue weighted by atomic mass is 31.3. The molecule has 2 saturated heterocycles. The smallest absolute Gasteiger partial charge is 0.387 e. The zero-order valence-electron chi connectivity index (χ0n) is 23.9. The summed E-state index contributed by atoms with van der Waals surface area (Å²) in [6.45, 7) is -2.03. The Bertz CT molecular complexity index is 1810. The molecule has 0 saturated carbocycles. The average molecular weight is 744 g/mol. The second kappa shape index (κ2) is 13.8. The lowest BCUT2D eigenvalue weighted by molar-refractivity contribution is -0.765. The van der Waals surface area contributed by atoms with E-state index in [2.05, 4.69) is 23.8 Å². The SMILES string of the molecule is NC(=O)c1ccc[n+]([C@@H]2O[C@H](COP(=O)(O)OP(=O)(O)OC[C@H]3OC(n4cnc5c(N)ncnc54)[C@H](OP(=O)(O)O)[C@@H]3O)[C@@H](O)[C@H]2O)c1. The number of hydrogen-bond donors (Lipinski definition) is 9. The van der Waals surface area contributed by atoms with Gasteiger partial charge in [0.05, 0.1) is 19.5 Å². The minimum atomic E-state index is -5.52. The number of hydrogen-bond acceptors (Lipinski definition) is 17. The number of aliphatic hydroxyl groups is 3. The van der Waals surface area contributed by atoms with Crippen molar-refractivity contribution in [3.8, 4) is 0 Å². The van der Waals surface area contributed by atoms with Crippen LogP contribution in [-0.2, 0) is 41.1 Å². The first kappa shape index (κ1) is 36.4. The van der Waals surface area contributed by atoms with Crippen molar-refractivity contribution in [3.63, 3.8) is 0 Å². The van der Waals surface area contributed by atoms with E-state index in [1.54, 1.807) is 0 Å². The van der Waals surface area contributed by atoms with Crippen molar-refractivity contribution in [3.05, 3.63) is 42.7 Å². The minimum absolute atomic E-state index is 0.00286. The summed E-state index contributed by atoms with van der Waals surface area (Å²) in [5.41, 5.74) is 11.1. The van der Waals surface area contributed by atoms with E-state index in [1.165, 1.54) is 29.1 Å². The molecule has 2 aliphatic heterocycles. The molecule has 0 aromatic carbocycles. The lowest BCUT2D eigenvalue weighted by Crippen LogP contribution is -2.46. The molecule has 24 nitrogen and oxygen atoms in total. The van der Waals surface area contributed by atoms with E-state index >= 15 is 0 Å². The fourth-order valence-electron chi connectivity index (χ4n) is 4.83. The number of fused-ring (bicyclic) bond motifs is 1. The van der Waals surface area contributed by atoms with Crippen LogP contribution in [0.1, 0.15) is 22.8 Å². The molecule has 3 aromatic rings. The number of primary amides is 1. The maximum atomic E-state index is 12.6. The molecule has 27 heteroatoms. The molecular formula is C21H29N7O17P3+. The number of nitrogens with two attached hydrogens (primary N) is 2. The van der Waals surface area contributed by atoms with Crippen LogP contribution in [0, 0.1) is 0 Å². The Hall–Kier alpha value is -2.86. The summed E-state index contributed by atoms with van der Waals surface area (Å²) in [7, 11) is -16.3. The summed E-state index contributed by atoms with van der Waals surface area (Å²) < 4.78 is 68.4. The molecule has 10 atom stereocenters. The number of ether oxygens (including phenoxy) is 2. The summed E-state index contributed by atoms with van der Waals surface area (Å²) >= 11 is 0. The van der Waals surface area contributed by atoms with Crippen molar-refractivity contribution in [2.75, 3.05) is 18.9 Å². The molecule has 1 amide bonds. The van der Waals surface area contributed by atoms with Crippen LogP contribution < -0.4 is 16.0 Å². The third-order valence-corrected chi connectivity index (χ3v) is 10.1. The number of pyridine rings is 1. The number of rotatable bonds is 13. The van der Waals surface area contributed by atoms with Crippen LogP contribution in [0.5, 0.6) is 0 Å². The van der Waals surface area contributed by atoms with Gasteiger partial charge in [-0.2, -0.15) is 8.88 Å². The van der Waals surface area contributed by atoms with Crippen molar-refractivity contribution in [1.29, 1.82) is 0 Å². The van der Waals surface area contributed by atoms with E-state index in [0.717, 1.165) is 17.2 Å². The van der Waals surface area contributed by atoms with Crippen LogP contribution in [-0.4, -0.2) is 110 Å². The highest BCUT2D eigenvalue weighted by Crippen LogP contribution is 2.61. The van der Waals surface area contributed by atoms with Gasteiger partial charge >= 0.3 is 23.5 Å². The first-order valence-electron chi connectivity index (χ1n) is 13.3.